The molecule has 0 bridgehead atoms. The number of nitrogens with zero attached hydrogens (tertiary/aromatic N) is 4. The van der Waals surface area contributed by atoms with Crippen molar-refractivity contribution < 1.29 is 51.1 Å². The molecule has 0 saturated carbocycles. The molecule has 2 amide bonds. The number of amidine groups is 1. The molecule has 8 N–H and O–H groups in total. The van der Waals surface area contributed by atoms with Crippen molar-refractivity contribution in [3.63, 3.8) is 0 Å². The van der Waals surface area contributed by atoms with Crippen LogP contribution in [0.5, 0.6) is 5.75 Å². The third-order valence-electron chi connectivity index (χ3n) is 8.51. The van der Waals surface area contributed by atoms with Gasteiger partial charge in [-0.05, 0) is 70.3 Å². The third kappa shape index (κ3) is 7.97. The summed E-state index contributed by atoms with van der Waals surface area (Å²) in [6, 6.07) is 3.85. The highest BCUT2D eigenvalue weighted by Crippen LogP contribution is 2.35. The van der Waals surface area contributed by atoms with Gasteiger partial charge in [-0.3, -0.25) is 19.1 Å². The Balaban J connectivity index is 1.30. The van der Waals surface area contributed by atoms with Crippen LogP contribution in [0.25, 0.3) is 0 Å². The van der Waals surface area contributed by atoms with Gasteiger partial charge in [-0.25, -0.2) is 9.78 Å². The Bertz CT molecular complexity index is 1810. The molecular weight excluding hydrogens is 700 g/mol. The second-order valence-electron chi connectivity index (χ2n) is 12.4. The number of aliphatic imine (C=N–C) groups is 1. The van der Waals surface area contributed by atoms with Crippen LogP contribution in [-0.4, -0.2) is 113 Å². The number of anilines is 1. The molecule has 2 aromatic rings. The Labute approximate surface area is 290 Å². The number of aromatic nitrogens is 1. The predicted molar refractivity (Wildman–Crippen MR) is 178 cm³/mol. The summed E-state index contributed by atoms with van der Waals surface area (Å²) in [5.74, 6) is -2.72. The monoisotopic (exact) mass is 738 g/mol. The highest BCUT2D eigenvalue weighted by atomic mass is 32.3. The molecule has 5 rings (SSSR count). The van der Waals surface area contributed by atoms with Crippen LogP contribution < -0.4 is 26.8 Å². The number of β-lactam (4-membered cyclic amide) rings is 1. The molecule has 0 aliphatic carbocycles. The van der Waals surface area contributed by atoms with Gasteiger partial charge >= 0.3 is 16.4 Å². The first-order valence-corrected chi connectivity index (χ1v) is 17.7. The standard InChI is InChI=1S/C29H38N8O11S2/c1-28(2)22(25(39)37(28)48-50(42,43)44)35-24(38)21(18-14-49-27(31)34-18)36-47-29(3,26(40)41)20-7-5-15-12-16(4-6-19(15)46-20)23(30)33-10-11-45-17-8-9-32-13-17/h4,6,12,14,17,20,22,32H,5,7-11,13H2,1-3H3,(H2,30,33)(H2,31,34)(H,35,38)(H,40,41)(H,42,43,44)/b36-21-/t17-,20+,22+,29-/m0/s1. The van der Waals surface area contributed by atoms with Gasteiger partial charge in [0.1, 0.15) is 23.3 Å². The van der Waals surface area contributed by atoms with Crippen LogP contribution in [-0.2, 0) is 45.1 Å². The van der Waals surface area contributed by atoms with Crippen molar-refractivity contribution in [2.45, 2.75) is 69.4 Å². The first-order chi connectivity index (χ1) is 23.5. The number of hydroxylamine groups is 2. The van der Waals surface area contributed by atoms with Crippen molar-refractivity contribution in [2.75, 3.05) is 32.0 Å². The zero-order valence-electron chi connectivity index (χ0n) is 27.3. The lowest BCUT2D eigenvalue weighted by atomic mass is 9.84. The summed E-state index contributed by atoms with van der Waals surface area (Å²) in [4.78, 5) is 52.7. The van der Waals surface area contributed by atoms with Crippen LogP contribution in [0.4, 0.5) is 5.13 Å². The molecule has 2 fully saturated rings. The van der Waals surface area contributed by atoms with Crippen molar-refractivity contribution in [1.29, 1.82) is 0 Å². The zero-order valence-corrected chi connectivity index (χ0v) is 29.0. The summed E-state index contributed by atoms with van der Waals surface area (Å²) < 4.78 is 47.5. The molecule has 19 nitrogen and oxygen atoms in total. The minimum absolute atomic E-state index is 0.0569. The average molecular weight is 739 g/mol. The number of benzene rings is 1. The number of amides is 2. The van der Waals surface area contributed by atoms with Crippen molar-refractivity contribution >= 4 is 56.2 Å². The fourth-order valence-electron chi connectivity index (χ4n) is 5.58. The average Bonchev–Trinajstić information content (AvgIpc) is 3.75. The van der Waals surface area contributed by atoms with Crippen LogP contribution in [0.15, 0.2) is 33.7 Å². The maximum atomic E-state index is 13.5. The third-order valence-corrected chi connectivity index (χ3v) is 9.52. The molecule has 272 valence electrons. The number of oxime groups is 1. The Kier molecular flexibility index (Phi) is 10.6. The van der Waals surface area contributed by atoms with Crippen LogP contribution >= 0.6 is 11.3 Å². The van der Waals surface area contributed by atoms with Gasteiger partial charge in [0.25, 0.3) is 17.4 Å². The Morgan fingerprint density at radius 2 is 2.08 bits per heavy atom. The van der Waals surface area contributed by atoms with E-state index < -0.39 is 57.2 Å². The summed E-state index contributed by atoms with van der Waals surface area (Å²) in [5, 5.41) is 21.6. The lowest BCUT2D eigenvalue weighted by Crippen LogP contribution is -2.76. The van der Waals surface area contributed by atoms with Crippen LogP contribution in [0.3, 0.4) is 0 Å². The van der Waals surface area contributed by atoms with Gasteiger partial charge in [0.15, 0.2) is 16.9 Å². The SMILES string of the molecule is CC1(C)[C@H](NC(=O)/C(=N\O[C@](C)(C(=O)O)[C@H]2CCc3cc(C(N)=NCCO[C@H]4CCNC4)ccc3O2)c2csc(N)n2)C(=O)N1OS(=O)(=O)O. The number of rotatable bonds is 14. The summed E-state index contributed by atoms with van der Waals surface area (Å²) in [7, 11) is -5.03. The van der Waals surface area contributed by atoms with E-state index in [2.05, 4.69) is 30.0 Å². The molecule has 4 atom stereocenters. The number of hydrogen-bond acceptors (Lipinski definition) is 15. The fraction of sp³-hybridized carbons (Fsp3) is 0.517. The number of aryl methyl sites for hydroxylation is 1. The number of fused-ring (bicyclic) bond motifs is 1. The van der Waals surface area contributed by atoms with E-state index in [9.17, 15) is 27.9 Å². The summed E-state index contributed by atoms with van der Waals surface area (Å²) in [6.45, 7) is 6.58. The normalized spacial score (nSPS) is 23.3. The Morgan fingerprint density at radius 1 is 1.32 bits per heavy atom. The molecule has 3 aliphatic heterocycles. The molecule has 0 radical (unpaired) electrons. The lowest BCUT2D eigenvalue weighted by molar-refractivity contribution is -0.218. The number of thiazole rings is 1. The summed E-state index contributed by atoms with van der Waals surface area (Å²) >= 11 is 0.963. The van der Waals surface area contributed by atoms with Crippen molar-refractivity contribution in [3.8, 4) is 5.75 Å². The minimum atomic E-state index is -5.03. The molecule has 1 aromatic heterocycles. The highest BCUT2D eigenvalue weighted by molar-refractivity contribution is 7.80. The molecule has 4 heterocycles. The number of nitrogens with two attached hydrogens (primary N) is 2. The maximum absolute atomic E-state index is 13.5. The van der Waals surface area contributed by atoms with E-state index in [1.165, 1.54) is 26.2 Å². The number of hydrogen-bond donors (Lipinski definition) is 6. The zero-order chi connectivity index (χ0) is 36.4. The van der Waals surface area contributed by atoms with E-state index >= 15 is 0 Å². The predicted octanol–water partition coefficient (Wildman–Crippen LogP) is -0.393. The number of aliphatic carboxylic acids is 1. The smallest absolute Gasteiger partial charge is 0.418 e. The van der Waals surface area contributed by atoms with E-state index in [1.807, 2.05) is 6.07 Å². The number of carbonyl (C=O) groups excluding carboxylic acids is 2. The van der Waals surface area contributed by atoms with Gasteiger partial charge in [0.05, 0.1) is 24.8 Å². The molecule has 0 spiro atoms. The topological polar surface area (TPSA) is 280 Å². The van der Waals surface area contributed by atoms with Gasteiger partial charge < -0.3 is 41.5 Å². The lowest BCUT2D eigenvalue weighted by Gasteiger charge is -2.50. The fourth-order valence-corrected chi connectivity index (χ4v) is 6.58. The quantitative estimate of drug-likeness (QED) is 0.0359. The van der Waals surface area contributed by atoms with Gasteiger partial charge in [-0.2, -0.15) is 13.5 Å². The van der Waals surface area contributed by atoms with E-state index in [-0.39, 0.29) is 23.4 Å². The van der Waals surface area contributed by atoms with E-state index in [4.69, 9.17) is 30.3 Å². The number of ether oxygens (including phenoxy) is 2. The minimum Gasteiger partial charge on any atom is -0.485 e. The van der Waals surface area contributed by atoms with E-state index in [1.54, 1.807) is 12.1 Å². The molecule has 2 saturated heterocycles. The highest BCUT2D eigenvalue weighted by Gasteiger charge is 2.58. The summed E-state index contributed by atoms with van der Waals surface area (Å²) in [6.07, 6.45) is 0.649. The van der Waals surface area contributed by atoms with Crippen LogP contribution in [0.1, 0.15) is 50.4 Å². The van der Waals surface area contributed by atoms with Gasteiger partial charge in [0, 0.05) is 17.5 Å². The van der Waals surface area contributed by atoms with Crippen molar-refractivity contribution in [2.24, 2.45) is 15.9 Å². The molecular formula is C29H38N8O11S2. The number of carboxylic acid groups (broad SMARTS) is 1. The van der Waals surface area contributed by atoms with E-state index in [0.29, 0.717) is 41.8 Å². The first-order valence-electron chi connectivity index (χ1n) is 15.4. The van der Waals surface area contributed by atoms with Crippen LogP contribution in [0.2, 0.25) is 0 Å². The molecule has 1 aromatic carbocycles. The second-order valence-corrected chi connectivity index (χ2v) is 14.3. The largest absolute Gasteiger partial charge is 0.485 e. The molecule has 0 unspecified atom stereocenters. The van der Waals surface area contributed by atoms with Crippen molar-refractivity contribution in [1.82, 2.24) is 20.7 Å². The Hall–Kier alpha value is -4.41. The molecule has 21 heteroatoms. The Morgan fingerprint density at radius 3 is 2.70 bits per heavy atom. The summed E-state index contributed by atoms with van der Waals surface area (Å²) in [5.41, 5.74) is 9.26. The maximum Gasteiger partial charge on any atom is 0.418 e. The van der Waals surface area contributed by atoms with Gasteiger partial charge in [-0.15, -0.1) is 15.6 Å². The first kappa shape index (κ1) is 36.9. The van der Waals surface area contributed by atoms with Gasteiger partial charge in [-0.1, -0.05) is 5.16 Å². The number of nitrogen functional groups attached to an aromatic ring is 1. The molecule has 50 heavy (non-hydrogen) atoms. The number of carbonyl (C=O) groups is 3. The number of carboxylic acids is 1. The van der Waals surface area contributed by atoms with Gasteiger partial charge in [0.2, 0.25) is 0 Å². The second kappa shape index (κ2) is 14.4. The molecule has 3 aliphatic rings. The van der Waals surface area contributed by atoms with Crippen LogP contribution in [0, 0.1) is 0 Å². The van der Waals surface area contributed by atoms with E-state index in [0.717, 1.165) is 36.4 Å². The number of nitrogens with one attached hydrogen (secondary N) is 2. The van der Waals surface area contributed by atoms with Crippen molar-refractivity contribution in [3.05, 3.63) is 40.4 Å².